The number of para-hydroxylation sites is 2. The number of benzene rings is 1. The largest absolute Gasteiger partial charge is 0.328 e. The van der Waals surface area contributed by atoms with Gasteiger partial charge in [0.2, 0.25) is 5.16 Å². The Bertz CT molecular complexity index is 586. The molecule has 5 nitrogen and oxygen atoms in total. The molecule has 0 aliphatic heterocycles. The maximum atomic E-state index is 12.0. The maximum absolute atomic E-state index is 12.0. The van der Waals surface area contributed by atoms with Crippen LogP contribution in [0.5, 0.6) is 0 Å². The number of rotatable bonds is 6. The summed E-state index contributed by atoms with van der Waals surface area (Å²) in [6, 6.07) is 7.25. The average molecular weight is 267 g/mol. The van der Waals surface area contributed by atoms with Gasteiger partial charge in [0.15, 0.2) is 0 Å². The zero-order chi connectivity index (χ0) is 13.0. The number of imidazole rings is 1. The molecule has 98 valence electrons. The summed E-state index contributed by atoms with van der Waals surface area (Å²) in [6.07, 6.45) is 2.92. The van der Waals surface area contributed by atoms with E-state index in [2.05, 4.69) is 21.6 Å². The normalized spacial score (nSPS) is 12.1. The number of hydrogen-bond donors (Lipinski definition) is 2. The van der Waals surface area contributed by atoms with E-state index in [-0.39, 0.29) is 5.16 Å². The van der Waals surface area contributed by atoms with Crippen molar-refractivity contribution in [2.75, 3.05) is 6.54 Å². The lowest BCUT2D eigenvalue weighted by molar-refractivity contribution is 0.569. The minimum atomic E-state index is -3.52. The van der Waals surface area contributed by atoms with Crippen LogP contribution in [-0.4, -0.2) is 24.9 Å². The van der Waals surface area contributed by atoms with Crippen LogP contribution in [0.25, 0.3) is 11.0 Å². The zero-order valence-electron chi connectivity index (χ0n) is 10.3. The Morgan fingerprint density at radius 1 is 1.28 bits per heavy atom. The first-order valence-corrected chi connectivity index (χ1v) is 7.56. The summed E-state index contributed by atoms with van der Waals surface area (Å²) in [7, 11) is -3.52. The molecule has 1 heterocycles. The van der Waals surface area contributed by atoms with E-state index in [9.17, 15) is 8.42 Å². The summed E-state index contributed by atoms with van der Waals surface area (Å²) in [6.45, 7) is 2.53. The van der Waals surface area contributed by atoms with E-state index in [1.807, 2.05) is 12.1 Å². The van der Waals surface area contributed by atoms with Gasteiger partial charge in [0.25, 0.3) is 10.0 Å². The second-order valence-corrected chi connectivity index (χ2v) is 5.85. The first kappa shape index (κ1) is 13.0. The second kappa shape index (κ2) is 5.49. The average Bonchev–Trinajstić information content (AvgIpc) is 2.79. The van der Waals surface area contributed by atoms with Gasteiger partial charge < -0.3 is 4.98 Å². The fraction of sp³-hybridized carbons (Fsp3) is 0.417. The van der Waals surface area contributed by atoms with Gasteiger partial charge in [0, 0.05) is 6.54 Å². The van der Waals surface area contributed by atoms with E-state index < -0.39 is 10.0 Å². The number of nitrogens with one attached hydrogen (secondary N) is 2. The topological polar surface area (TPSA) is 74.8 Å². The molecule has 0 aliphatic rings. The van der Waals surface area contributed by atoms with Crippen LogP contribution < -0.4 is 4.72 Å². The SMILES string of the molecule is CCCCCNS(=O)(=O)c1nc2ccccc2[nH]1. The molecular weight excluding hydrogens is 250 g/mol. The van der Waals surface area contributed by atoms with E-state index in [1.54, 1.807) is 12.1 Å². The summed E-state index contributed by atoms with van der Waals surface area (Å²) in [5.41, 5.74) is 1.39. The Kier molecular flexibility index (Phi) is 3.98. The van der Waals surface area contributed by atoms with Gasteiger partial charge >= 0.3 is 0 Å². The lowest BCUT2D eigenvalue weighted by Crippen LogP contribution is -2.25. The third kappa shape index (κ3) is 2.88. The quantitative estimate of drug-likeness (QED) is 0.786. The summed E-state index contributed by atoms with van der Waals surface area (Å²) in [5.74, 6) is 0. The molecule has 0 bridgehead atoms. The molecule has 0 amide bonds. The van der Waals surface area contributed by atoms with E-state index in [4.69, 9.17) is 0 Å². The van der Waals surface area contributed by atoms with Gasteiger partial charge in [0.05, 0.1) is 11.0 Å². The molecule has 0 spiro atoms. The van der Waals surface area contributed by atoms with Crippen molar-refractivity contribution in [3.05, 3.63) is 24.3 Å². The fourth-order valence-electron chi connectivity index (χ4n) is 1.71. The van der Waals surface area contributed by atoms with Crippen LogP contribution in [0.15, 0.2) is 29.4 Å². The highest BCUT2D eigenvalue weighted by atomic mass is 32.2. The zero-order valence-corrected chi connectivity index (χ0v) is 11.1. The Balaban J connectivity index is 2.14. The van der Waals surface area contributed by atoms with Gasteiger partial charge in [-0.05, 0) is 18.6 Å². The van der Waals surface area contributed by atoms with E-state index in [0.717, 1.165) is 24.8 Å². The van der Waals surface area contributed by atoms with E-state index >= 15 is 0 Å². The number of unbranched alkanes of at least 4 members (excludes halogenated alkanes) is 2. The molecule has 1 aromatic heterocycles. The highest BCUT2D eigenvalue weighted by molar-refractivity contribution is 7.89. The van der Waals surface area contributed by atoms with Crippen LogP contribution >= 0.6 is 0 Å². The van der Waals surface area contributed by atoms with Gasteiger partial charge in [-0.2, -0.15) is 0 Å². The Morgan fingerprint density at radius 2 is 2.06 bits per heavy atom. The Morgan fingerprint density at radius 3 is 2.78 bits per heavy atom. The number of fused-ring (bicyclic) bond motifs is 1. The van der Waals surface area contributed by atoms with Gasteiger partial charge in [-0.25, -0.2) is 18.1 Å². The second-order valence-electron chi connectivity index (χ2n) is 4.16. The number of H-pyrrole nitrogens is 1. The first-order chi connectivity index (χ1) is 8.63. The Labute approximate surface area is 107 Å². The summed E-state index contributed by atoms with van der Waals surface area (Å²) in [4.78, 5) is 6.89. The van der Waals surface area contributed by atoms with Crippen molar-refractivity contribution in [1.29, 1.82) is 0 Å². The van der Waals surface area contributed by atoms with Crippen LogP contribution in [0.1, 0.15) is 26.2 Å². The van der Waals surface area contributed by atoms with Crippen molar-refractivity contribution in [1.82, 2.24) is 14.7 Å². The van der Waals surface area contributed by atoms with E-state index in [1.165, 1.54) is 0 Å². The molecule has 2 rings (SSSR count). The van der Waals surface area contributed by atoms with Crippen molar-refractivity contribution in [3.8, 4) is 0 Å². The minimum Gasteiger partial charge on any atom is -0.328 e. The first-order valence-electron chi connectivity index (χ1n) is 6.08. The maximum Gasteiger partial charge on any atom is 0.274 e. The molecule has 2 N–H and O–H groups in total. The molecule has 0 fully saturated rings. The molecule has 18 heavy (non-hydrogen) atoms. The number of aromatic nitrogens is 2. The van der Waals surface area contributed by atoms with Crippen molar-refractivity contribution in [2.24, 2.45) is 0 Å². The molecule has 1 aromatic carbocycles. The smallest absolute Gasteiger partial charge is 0.274 e. The number of hydrogen-bond acceptors (Lipinski definition) is 3. The minimum absolute atomic E-state index is 0.0137. The predicted octanol–water partition coefficient (Wildman–Crippen LogP) is 2.03. The molecule has 0 saturated heterocycles. The molecule has 6 heteroatoms. The molecule has 0 aliphatic carbocycles. The molecule has 0 unspecified atom stereocenters. The van der Waals surface area contributed by atoms with Crippen molar-refractivity contribution < 1.29 is 8.42 Å². The van der Waals surface area contributed by atoms with Gasteiger partial charge in [-0.1, -0.05) is 31.9 Å². The van der Waals surface area contributed by atoms with Crippen molar-refractivity contribution in [2.45, 2.75) is 31.3 Å². The van der Waals surface area contributed by atoms with Crippen LogP contribution in [0, 0.1) is 0 Å². The summed E-state index contributed by atoms with van der Waals surface area (Å²) < 4.78 is 26.5. The van der Waals surface area contributed by atoms with E-state index in [0.29, 0.717) is 12.1 Å². The summed E-state index contributed by atoms with van der Waals surface area (Å²) >= 11 is 0. The standard InChI is InChI=1S/C12H17N3O2S/c1-2-3-6-9-13-18(16,17)12-14-10-7-4-5-8-11(10)15-12/h4-5,7-8,13H,2-3,6,9H2,1H3,(H,14,15). The third-order valence-corrected chi connectivity index (χ3v) is 3.98. The lowest BCUT2D eigenvalue weighted by Gasteiger charge is -2.02. The van der Waals surface area contributed by atoms with Crippen molar-refractivity contribution in [3.63, 3.8) is 0 Å². The Hall–Kier alpha value is -1.40. The van der Waals surface area contributed by atoms with Gasteiger partial charge in [-0.15, -0.1) is 0 Å². The van der Waals surface area contributed by atoms with Gasteiger partial charge in [-0.3, -0.25) is 0 Å². The van der Waals surface area contributed by atoms with Crippen LogP contribution in [-0.2, 0) is 10.0 Å². The van der Waals surface area contributed by atoms with Crippen LogP contribution in [0.2, 0.25) is 0 Å². The van der Waals surface area contributed by atoms with Crippen LogP contribution in [0.3, 0.4) is 0 Å². The molecule has 0 radical (unpaired) electrons. The lowest BCUT2D eigenvalue weighted by atomic mass is 10.3. The number of aromatic amines is 1. The highest BCUT2D eigenvalue weighted by Crippen LogP contribution is 2.13. The number of sulfonamides is 1. The monoisotopic (exact) mass is 267 g/mol. The summed E-state index contributed by atoms with van der Waals surface area (Å²) in [5, 5.41) is -0.0137. The van der Waals surface area contributed by atoms with Gasteiger partial charge in [0.1, 0.15) is 0 Å². The highest BCUT2D eigenvalue weighted by Gasteiger charge is 2.17. The predicted molar refractivity (Wildman–Crippen MR) is 70.8 cm³/mol. The van der Waals surface area contributed by atoms with Crippen molar-refractivity contribution >= 4 is 21.1 Å². The molecular formula is C12H17N3O2S. The third-order valence-electron chi connectivity index (χ3n) is 2.69. The van der Waals surface area contributed by atoms with Crippen LogP contribution in [0.4, 0.5) is 0 Å². The number of nitrogens with zero attached hydrogens (tertiary/aromatic N) is 1. The molecule has 0 saturated carbocycles. The fourth-order valence-corrected chi connectivity index (χ4v) is 2.72. The molecule has 2 aromatic rings. The molecule has 0 atom stereocenters.